The Morgan fingerprint density at radius 2 is 2.39 bits per heavy atom. The topological polar surface area (TPSA) is 90.3 Å². The van der Waals surface area contributed by atoms with Crippen molar-refractivity contribution in [1.29, 1.82) is 0 Å². The van der Waals surface area contributed by atoms with Crippen LogP contribution in [0.4, 0.5) is 10.7 Å². The van der Waals surface area contributed by atoms with Crippen LogP contribution < -0.4 is 10.6 Å². The van der Waals surface area contributed by atoms with Gasteiger partial charge in [-0.25, -0.2) is 4.79 Å². The van der Waals surface area contributed by atoms with Crippen molar-refractivity contribution in [3.05, 3.63) is 5.82 Å². The van der Waals surface area contributed by atoms with Crippen LogP contribution in [0.2, 0.25) is 0 Å². The van der Waals surface area contributed by atoms with E-state index in [1.54, 1.807) is 11.7 Å². The lowest BCUT2D eigenvalue weighted by molar-refractivity contribution is -0.0852. The summed E-state index contributed by atoms with van der Waals surface area (Å²) in [7, 11) is 1.76. The molecule has 1 atom stereocenters. The van der Waals surface area contributed by atoms with E-state index in [1.165, 1.54) is 0 Å². The molecule has 2 amide bonds. The van der Waals surface area contributed by atoms with Crippen molar-refractivity contribution in [1.82, 2.24) is 20.1 Å². The predicted molar refractivity (Wildman–Crippen MR) is 63.3 cm³/mol. The number of urea groups is 1. The maximum Gasteiger partial charge on any atom is 0.321 e. The van der Waals surface area contributed by atoms with Crippen LogP contribution >= 0.6 is 0 Å². The lowest BCUT2D eigenvalue weighted by atomic mass is 10.3. The lowest BCUT2D eigenvalue weighted by Gasteiger charge is -2.22. The van der Waals surface area contributed by atoms with E-state index in [1.807, 2.05) is 6.92 Å². The first-order chi connectivity index (χ1) is 8.65. The Hall–Kier alpha value is -1.67. The fourth-order valence-electron chi connectivity index (χ4n) is 1.52. The number of hydrogen-bond acceptors (Lipinski definition) is 5. The zero-order valence-corrected chi connectivity index (χ0v) is 10.5. The average Bonchev–Trinajstić information content (AvgIpc) is 2.67. The van der Waals surface area contributed by atoms with E-state index in [-0.39, 0.29) is 18.1 Å². The molecule has 1 aromatic heterocycles. The third-order valence-electron chi connectivity index (χ3n) is 2.58. The summed E-state index contributed by atoms with van der Waals surface area (Å²) < 4.78 is 12.2. The Kier molecular flexibility index (Phi) is 4.11. The van der Waals surface area contributed by atoms with Crippen LogP contribution in [-0.4, -0.2) is 53.3 Å². The van der Waals surface area contributed by atoms with Gasteiger partial charge in [0.05, 0.1) is 25.9 Å². The van der Waals surface area contributed by atoms with Gasteiger partial charge in [-0.15, -0.1) is 5.10 Å². The quantitative estimate of drug-likeness (QED) is 0.771. The first-order valence-electron chi connectivity index (χ1n) is 5.77. The number of aromatic nitrogens is 3. The Morgan fingerprint density at radius 3 is 3.00 bits per heavy atom. The number of ether oxygens (including phenoxy) is 2. The minimum atomic E-state index is -0.352. The van der Waals surface area contributed by atoms with Crippen LogP contribution in [0, 0.1) is 6.92 Å². The summed E-state index contributed by atoms with van der Waals surface area (Å²) in [6.07, 6.45) is -0.0945. The van der Waals surface area contributed by atoms with E-state index in [4.69, 9.17) is 9.47 Å². The van der Waals surface area contributed by atoms with Crippen LogP contribution in [0.25, 0.3) is 0 Å². The fraction of sp³-hybridized carbons (Fsp3) is 0.700. The molecular formula is C10H17N5O3. The summed E-state index contributed by atoms with van der Waals surface area (Å²) in [4.78, 5) is 15.6. The van der Waals surface area contributed by atoms with Crippen molar-refractivity contribution in [3.8, 4) is 0 Å². The third kappa shape index (κ3) is 3.41. The van der Waals surface area contributed by atoms with Gasteiger partial charge < -0.3 is 14.8 Å². The molecule has 1 unspecified atom stereocenters. The number of rotatable bonds is 3. The monoisotopic (exact) mass is 255 g/mol. The van der Waals surface area contributed by atoms with Gasteiger partial charge in [-0.3, -0.25) is 10.00 Å². The van der Waals surface area contributed by atoms with Crippen molar-refractivity contribution >= 4 is 12.0 Å². The minimum absolute atomic E-state index is 0.0945. The van der Waals surface area contributed by atoms with Crippen LogP contribution in [0.3, 0.4) is 0 Å². The molecule has 0 aromatic carbocycles. The van der Waals surface area contributed by atoms with Gasteiger partial charge >= 0.3 is 6.03 Å². The maximum absolute atomic E-state index is 11.6. The number of nitrogens with one attached hydrogen (secondary N) is 2. The Morgan fingerprint density at radius 1 is 1.56 bits per heavy atom. The predicted octanol–water partition coefficient (Wildman–Crippen LogP) is -0.340. The molecular weight excluding hydrogens is 238 g/mol. The minimum Gasteiger partial charge on any atom is -0.376 e. The molecule has 1 saturated heterocycles. The van der Waals surface area contributed by atoms with Crippen molar-refractivity contribution in [2.75, 3.05) is 31.7 Å². The normalized spacial score (nSPS) is 19.6. The zero-order chi connectivity index (χ0) is 13.0. The first kappa shape index (κ1) is 12.8. The Labute approximate surface area is 105 Å². The Bertz CT molecular complexity index is 394. The van der Waals surface area contributed by atoms with Crippen LogP contribution in [-0.2, 0) is 16.5 Å². The largest absolute Gasteiger partial charge is 0.376 e. The van der Waals surface area contributed by atoms with Gasteiger partial charge in [-0.1, -0.05) is 0 Å². The second-order valence-electron chi connectivity index (χ2n) is 4.01. The molecule has 1 aliphatic heterocycles. The summed E-state index contributed by atoms with van der Waals surface area (Å²) >= 11 is 0. The molecule has 2 rings (SSSR count). The highest BCUT2D eigenvalue weighted by atomic mass is 16.6. The van der Waals surface area contributed by atoms with Crippen LogP contribution in [0.15, 0.2) is 0 Å². The smallest absolute Gasteiger partial charge is 0.321 e. The standard InChI is InChI=1S/C10H17N5O3/c1-7-12-9(14-15(7)2)13-10(16)11-5-8-6-17-3-4-18-8/h8H,3-6H2,1-2H3,(H2,11,13,14,16). The molecule has 0 spiro atoms. The summed E-state index contributed by atoms with van der Waals surface area (Å²) in [6, 6.07) is -0.352. The molecule has 2 heterocycles. The number of amides is 2. The molecule has 0 bridgehead atoms. The van der Waals surface area contributed by atoms with Crippen LogP contribution in [0.5, 0.6) is 0 Å². The molecule has 0 saturated carbocycles. The SMILES string of the molecule is Cc1nc(NC(=O)NCC2COCCO2)nn1C. The molecule has 0 radical (unpaired) electrons. The van der Waals surface area contributed by atoms with E-state index in [9.17, 15) is 4.79 Å². The molecule has 8 nitrogen and oxygen atoms in total. The summed E-state index contributed by atoms with van der Waals surface area (Å²) in [5.41, 5.74) is 0. The van der Waals surface area contributed by atoms with E-state index in [0.717, 1.165) is 5.82 Å². The first-order valence-corrected chi connectivity index (χ1v) is 5.77. The maximum atomic E-state index is 11.6. The van der Waals surface area contributed by atoms with Gasteiger partial charge in [0.2, 0.25) is 5.95 Å². The van der Waals surface area contributed by atoms with Crippen molar-refractivity contribution in [2.45, 2.75) is 13.0 Å². The van der Waals surface area contributed by atoms with Gasteiger partial charge in [0.15, 0.2) is 0 Å². The molecule has 0 aliphatic carbocycles. The average molecular weight is 255 g/mol. The lowest BCUT2D eigenvalue weighted by Crippen LogP contribution is -2.41. The second kappa shape index (κ2) is 5.78. The second-order valence-corrected chi connectivity index (χ2v) is 4.01. The molecule has 18 heavy (non-hydrogen) atoms. The van der Waals surface area contributed by atoms with E-state index in [2.05, 4.69) is 20.7 Å². The number of aryl methyl sites for hydroxylation is 2. The summed E-state index contributed by atoms with van der Waals surface area (Å²) in [5, 5.41) is 9.26. The fourth-order valence-corrected chi connectivity index (χ4v) is 1.52. The summed E-state index contributed by atoms with van der Waals surface area (Å²) in [5.74, 6) is 1.02. The van der Waals surface area contributed by atoms with Gasteiger partial charge in [0.1, 0.15) is 5.82 Å². The van der Waals surface area contributed by atoms with Gasteiger partial charge in [-0.05, 0) is 6.92 Å². The van der Waals surface area contributed by atoms with Crippen LogP contribution in [0.1, 0.15) is 5.82 Å². The number of anilines is 1. The number of carbonyl (C=O) groups excluding carboxylic acids is 1. The molecule has 8 heteroatoms. The number of nitrogens with zero attached hydrogens (tertiary/aromatic N) is 3. The Balaban J connectivity index is 1.74. The molecule has 100 valence electrons. The van der Waals surface area contributed by atoms with Crippen molar-refractivity contribution in [3.63, 3.8) is 0 Å². The van der Waals surface area contributed by atoms with Gasteiger partial charge in [-0.2, -0.15) is 4.98 Å². The number of carbonyl (C=O) groups is 1. The highest BCUT2D eigenvalue weighted by Crippen LogP contribution is 2.01. The molecule has 1 aliphatic rings. The highest BCUT2D eigenvalue weighted by molar-refractivity contribution is 5.87. The van der Waals surface area contributed by atoms with E-state index >= 15 is 0 Å². The van der Waals surface area contributed by atoms with Crippen molar-refractivity contribution in [2.24, 2.45) is 7.05 Å². The number of hydrogen-bond donors (Lipinski definition) is 2. The van der Waals surface area contributed by atoms with Crippen molar-refractivity contribution < 1.29 is 14.3 Å². The zero-order valence-electron chi connectivity index (χ0n) is 10.5. The third-order valence-corrected chi connectivity index (χ3v) is 2.58. The van der Waals surface area contributed by atoms with Gasteiger partial charge in [0, 0.05) is 13.6 Å². The highest BCUT2D eigenvalue weighted by Gasteiger charge is 2.15. The molecule has 2 N–H and O–H groups in total. The van der Waals surface area contributed by atoms with E-state index in [0.29, 0.717) is 26.4 Å². The molecule has 1 fully saturated rings. The summed E-state index contributed by atoms with van der Waals surface area (Å²) in [6.45, 7) is 3.89. The van der Waals surface area contributed by atoms with Gasteiger partial charge in [0.25, 0.3) is 0 Å². The van der Waals surface area contributed by atoms with E-state index < -0.39 is 0 Å². The molecule has 1 aromatic rings.